The van der Waals surface area contributed by atoms with E-state index in [4.69, 9.17) is 4.42 Å². The number of benzene rings is 1. The van der Waals surface area contributed by atoms with E-state index in [0.29, 0.717) is 18.6 Å². The van der Waals surface area contributed by atoms with Crippen molar-refractivity contribution in [2.45, 2.75) is 31.8 Å². The topological polar surface area (TPSA) is 70.7 Å². The number of carbonyl (C=O) groups is 2. The molecule has 3 heterocycles. The molecule has 3 aromatic rings. The van der Waals surface area contributed by atoms with Gasteiger partial charge in [0.2, 0.25) is 11.8 Å². The Hall–Kier alpha value is -3.06. The molecule has 1 aliphatic heterocycles. The highest BCUT2D eigenvalue weighted by Gasteiger charge is 2.47. The zero-order valence-corrected chi connectivity index (χ0v) is 17.7. The van der Waals surface area contributed by atoms with Crippen LogP contribution in [0.5, 0.6) is 0 Å². The molecule has 1 fully saturated rings. The summed E-state index contributed by atoms with van der Waals surface area (Å²) >= 11 is 0. The normalized spacial score (nSPS) is 16.5. The maximum absolute atomic E-state index is 13.7. The van der Waals surface area contributed by atoms with Crippen LogP contribution in [0.2, 0.25) is 0 Å². The van der Waals surface area contributed by atoms with Gasteiger partial charge in [-0.15, -0.1) is 0 Å². The molecule has 0 aliphatic carbocycles. The van der Waals surface area contributed by atoms with E-state index in [1.54, 1.807) is 17.2 Å². The van der Waals surface area contributed by atoms with E-state index in [0.717, 1.165) is 29.7 Å². The molecule has 0 bridgehead atoms. The third-order valence-electron chi connectivity index (χ3n) is 6.17. The second kappa shape index (κ2) is 7.99. The van der Waals surface area contributed by atoms with Crippen molar-refractivity contribution in [2.75, 3.05) is 25.5 Å². The lowest BCUT2D eigenvalue weighted by molar-refractivity contribution is -0.148. The zero-order valence-electron chi connectivity index (χ0n) is 17.7. The van der Waals surface area contributed by atoms with Gasteiger partial charge in [0.05, 0.1) is 12.8 Å². The highest BCUT2D eigenvalue weighted by atomic mass is 16.3. The van der Waals surface area contributed by atoms with Gasteiger partial charge in [0, 0.05) is 49.8 Å². The van der Waals surface area contributed by atoms with Crippen LogP contribution in [0, 0.1) is 0 Å². The first-order valence-electron chi connectivity index (χ1n) is 10.2. The van der Waals surface area contributed by atoms with Crippen LogP contribution in [-0.2, 0) is 23.2 Å². The number of aromatic nitrogens is 1. The number of piperidine rings is 1. The third kappa shape index (κ3) is 3.73. The average molecular weight is 409 g/mol. The van der Waals surface area contributed by atoms with Gasteiger partial charge in [-0.2, -0.15) is 0 Å². The fraction of sp³-hybridized carbons (Fsp3) is 0.391. The van der Waals surface area contributed by atoms with Crippen LogP contribution in [0.4, 0.5) is 5.69 Å². The van der Waals surface area contributed by atoms with E-state index in [2.05, 4.69) is 10.2 Å². The molecule has 0 radical (unpaired) electrons. The molecule has 0 unspecified atom stereocenters. The minimum absolute atomic E-state index is 0.135. The van der Waals surface area contributed by atoms with Crippen LogP contribution in [0.1, 0.15) is 25.5 Å². The van der Waals surface area contributed by atoms with Gasteiger partial charge in [0.25, 0.3) is 0 Å². The molecule has 0 saturated carbocycles. The monoisotopic (exact) mass is 408 g/mol. The lowest BCUT2D eigenvalue weighted by atomic mass is 9.84. The second-order valence-electron chi connectivity index (χ2n) is 8.17. The van der Waals surface area contributed by atoms with Crippen molar-refractivity contribution in [1.29, 1.82) is 0 Å². The Kier molecular flexibility index (Phi) is 5.39. The summed E-state index contributed by atoms with van der Waals surface area (Å²) in [5.41, 5.74) is 0.917. The molecular formula is C23H28N4O3. The SMILES string of the molecule is CC(=O)N(Cc1ccco1)C1(C(=O)Nc2ccc3c(ccn3C)c2)CCN(C)CC1. The van der Waals surface area contributed by atoms with E-state index in [9.17, 15) is 9.59 Å². The van der Waals surface area contributed by atoms with Crippen molar-refractivity contribution in [3.05, 3.63) is 54.6 Å². The van der Waals surface area contributed by atoms with Crippen LogP contribution >= 0.6 is 0 Å². The predicted molar refractivity (Wildman–Crippen MR) is 116 cm³/mol. The first-order chi connectivity index (χ1) is 14.4. The predicted octanol–water partition coefficient (Wildman–Crippen LogP) is 3.22. The minimum atomic E-state index is -0.920. The van der Waals surface area contributed by atoms with Crippen LogP contribution in [0.3, 0.4) is 0 Å². The Morgan fingerprint density at radius 3 is 2.60 bits per heavy atom. The van der Waals surface area contributed by atoms with Gasteiger partial charge in [-0.1, -0.05) is 0 Å². The minimum Gasteiger partial charge on any atom is -0.467 e. The summed E-state index contributed by atoms with van der Waals surface area (Å²) in [4.78, 5) is 30.2. The van der Waals surface area contributed by atoms with Crippen LogP contribution in [0.25, 0.3) is 10.9 Å². The number of furan rings is 1. The Morgan fingerprint density at radius 2 is 1.93 bits per heavy atom. The zero-order chi connectivity index (χ0) is 21.3. The number of aryl methyl sites for hydroxylation is 1. The number of nitrogens with zero attached hydrogens (tertiary/aromatic N) is 3. The van der Waals surface area contributed by atoms with Crippen molar-refractivity contribution in [3.8, 4) is 0 Å². The molecule has 0 spiro atoms. The molecule has 1 saturated heterocycles. The summed E-state index contributed by atoms with van der Waals surface area (Å²) in [5, 5.41) is 4.15. The Labute approximate surface area is 176 Å². The number of carbonyl (C=O) groups excluding carboxylic acids is 2. The molecule has 1 N–H and O–H groups in total. The molecule has 2 amide bonds. The molecular weight excluding hydrogens is 380 g/mol. The van der Waals surface area contributed by atoms with Crippen LogP contribution in [0.15, 0.2) is 53.3 Å². The van der Waals surface area contributed by atoms with E-state index in [1.807, 2.05) is 55.2 Å². The van der Waals surface area contributed by atoms with Gasteiger partial charge in [-0.05, 0) is 56.3 Å². The Balaban J connectivity index is 1.65. The first-order valence-corrected chi connectivity index (χ1v) is 10.2. The number of anilines is 1. The Bertz CT molecular complexity index is 1050. The van der Waals surface area contributed by atoms with E-state index in [-0.39, 0.29) is 18.4 Å². The van der Waals surface area contributed by atoms with Crippen molar-refractivity contribution in [2.24, 2.45) is 7.05 Å². The maximum Gasteiger partial charge on any atom is 0.250 e. The third-order valence-corrected chi connectivity index (χ3v) is 6.17. The molecule has 1 aliphatic rings. The summed E-state index contributed by atoms with van der Waals surface area (Å²) < 4.78 is 7.52. The number of amides is 2. The fourth-order valence-electron chi connectivity index (χ4n) is 4.34. The number of hydrogen-bond donors (Lipinski definition) is 1. The number of rotatable bonds is 5. The van der Waals surface area contributed by atoms with Crippen molar-refractivity contribution < 1.29 is 14.0 Å². The molecule has 0 atom stereocenters. The van der Waals surface area contributed by atoms with Gasteiger partial charge >= 0.3 is 0 Å². The Morgan fingerprint density at radius 1 is 1.17 bits per heavy atom. The average Bonchev–Trinajstić information content (AvgIpc) is 3.37. The van der Waals surface area contributed by atoms with Crippen LogP contribution < -0.4 is 5.32 Å². The summed E-state index contributed by atoms with van der Waals surface area (Å²) in [7, 11) is 4.03. The van der Waals surface area contributed by atoms with Gasteiger partial charge in [0.1, 0.15) is 11.3 Å². The number of fused-ring (bicyclic) bond motifs is 1. The smallest absolute Gasteiger partial charge is 0.250 e. The molecule has 7 nitrogen and oxygen atoms in total. The molecule has 158 valence electrons. The standard InChI is InChI=1S/C23H28N4O3/c1-17(28)27(16-20-5-4-14-30-20)23(9-12-25(2)13-10-23)22(29)24-19-6-7-21-18(15-19)8-11-26(21)3/h4-8,11,14-15H,9-10,12-13,16H2,1-3H3,(H,24,29). The number of nitrogens with one attached hydrogen (secondary N) is 1. The van der Waals surface area contributed by atoms with Gasteiger partial charge in [-0.3, -0.25) is 9.59 Å². The largest absolute Gasteiger partial charge is 0.467 e. The summed E-state index contributed by atoms with van der Waals surface area (Å²) in [6.07, 6.45) is 4.73. The van der Waals surface area contributed by atoms with Crippen molar-refractivity contribution in [1.82, 2.24) is 14.4 Å². The molecule has 2 aromatic heterocycles. The molecule has 7 heteroatoms. The lowest BCUT2D eigenvalue weighted by Crippen LogP contribution is -2.62. The van der Waals surface area contributed by atoms with Gasteiger partial charge < -0.3 is 24.1 Å². The summed E-state index contributed by atoms with van der Waals surface area (Å²) in [5.74, 6) is 0.388. The second-order valence-corrected chi connectivity index (χ2v) is 8.17. The van der Waals surface area contributed by atoms with Crippen molar-refractivity contribution in [3.63, 3.8) is 0 Å². The van der Waals surface area contributed by atoms with E-state index in [1.165, 1.54) is 6.92 Å². The van der Waals surface area contributed by atoms with E-state index < -0.39 is 5.54 Å². The number of likely N-dealkylation sites (tertiary alicyclic amines) is 1. The summed E-state index contributed by atoms with van der Waals surface area (Å²) in [6.45, 7) is 3.28. The molecule has 1 aromatic carbocycles. The summed E-state index contributed by atoms with van der Waals surface area (Å²) in [6, 6.07) is 11.5. The highest BCUT2D eigenvalue weighted by molar-refractivity contribution is 6.01. The number of hydrogen-bond acceptors (Lipinski definition) is 4. The fourth-order valence-corrected chi connectivity index (χ4v) is 4.34. The van der Waals surface area contributed by atoms with Crippen molar-refractivity contribution >= 4 is 28.4 Å². The molecule has 4 rings (SSSR count). The first kappa shape index (κ1) is 20.2. The lowest BCUT2D eigenvalue weighted by Gasteiger charge is -2.46. The quantitative estimate of drug-likeness (QED) is 0.704. The van der Waals surface area contributed by atoms with Gasteiger partial charge in [-0.25, -0.2) is 0 Å². The highest BCUT2D eigenvalue weighted by Crippen LogP contribution is 2.32. The maximum atomic E-state index is 13.7. The van der Waals surface area contributed by atoms with E-state index >= 15 is 0 Å². The van der Waals surface area contributed by atoms with Gasteiger partial charge in [0.15, 0.2) is 0 Å². The molecule has 30 heavy (non-hydrogen) atoms. The van der Waals surface area contributed by atoms with Crippen LogP contribution in [-0.4, -0.2) is 51.9 Å².